The second-order valence-electron chi connectivity index (χ2n) is 4.68. The molecule has 4 heteroatoms. The smallest absolute Gasteiger partial charge is 0.241 e. The van der Waals surface area contributed by atoms with E-state index in [0.717, 1.165) is 5.56 Å². The summed E-state index contributed by atoms with van der Waals surface area (Å²) in [5.74, 6) is -0.857. The van der Waals surface area contributed by atoms with Gasteiger partial charge in [0.1, 0.15) is 11.7 Å². The monoisotopic (exact) mass is 280 g/mol. The number of carbonyl (C=O) groups excluding carboxylic acids is 1. The van der Waals surface area contributed by atoms with Crippen molar-refractivity contribution in [2.24, 2.45) is 0 Å². The molecule has 0 saturated heterocycles. The van der Waals surface area contributed by atoms with Gasteiger partial charge in [0.2, 0.25) is 5.91 Å². The van der Waals surface area contributed by atoms with E-state index in [4.69, 9.17) is 5.26 Å². The lowest BCUT2D eigenvalue weighted by Crippen LogP contribution is -2.30. The number of carbonyl (C=O) groups is 1. The maximum Gasteiger partial charge on any atom is 0.241 e. The Balaban J connectivity index is 1.89. The summed E-state index contributed by atoms with van der Waals surface area (Å²) in [4.78, 5) is 12.0. The van der Waals surface area contributed by atoms with Gasteiger partial charge in [0.25, 0.3) is 0 Å². The molecular formula is C17H16N2O2. The van der Waals surface area contributed by atoms with Crippen molar-refractivity contribution >= 4 is 5.91 Å². The fourth-order valence-corrected chi connectivity index (χ4v) is 2.02. The molecular weight excluding hydrogens is 264 g/mol. The Labute approximate surface area is 123 Å². The van der Waals surface area contributed by atoms with E-state index < -0.39 is 5.92 Å². The van der Waals surface area contributed by atoms with Gasteiger partial charge in [-0.25, -0.2) is 0 Å². The van der Waals surface area contributed by atoms with Crippen molar-refractivity contribution in [1.29, 1.82) is 5.26 Å². The highest BCUT2D eigenvalue weighted by molar-refractivity contribution is 5.86. The molecule has 21 heavy (non-hydrogen) atoms. The molecule has 0 fully saturated rings. The molecule has 0 bridgehead atoms. The van der Waals surface area contributed by atoms with Gasteiger partial charge in [0, 0.05) is 6.54 Å². The van der Waals surface area contributed by atoms with Crippen molar-refractivity contribution in [3.63, 3.8) is 0 Å². The minimum Gasteiger partial charge on any atom is -0.508 e. The minimum absolute atomic E-state index is 0.219. The predicted molar refractivity (Wildman–Crippen MR) is 79.6 cm³/mol. The number of nitriles is 1. The Kier molecular flexibility index (Phi) is 4.94. The standard InChI is InChI=1S/C17H16N2O2/c18-12-16(14-4-2-1-3-5-14)17(21)19-11-10-13-6-8-15(20)9-7-13/h1-9,16,20H,10-11H2,(H,19,21). The summed E-state index contributed by atoms with van der Waals surface area (Å²) in [6, 6.07) is 17.9. The lowest BCUT2D eigenvalue weighted by atomic mass is 10.00. The number of amides is 1. The summed E-state index contributed by atoms with van der Waals surface area (Å²) >= 11 is 0. The molecule has 0 aliphatic heterocycles. The molecule has 106 valence electrons. The number of phenolic OH excluding ortho intramolecular Hbond substituents is 1. The van der Waals surface area contributed by atoms with Gasteiger partial charge in [0.05, 0.1) is 6.07 Å². The largest absolute Gasteiger partial charge is 0.508 e. The van der Waals surface area contributed by atoms with E-state index in [1.54, 1.807) is 36.4 Å². The van der Waals surface area contributed by atoms with E-state index >= 15 is 0 Å². The van der Waals surface area contributed by atoms with Gasteiger partial charge in [-0.05, 0) is 29.7 Å². The first-order valence-electron chi connectivity index (χ1n) is 6.71. The van der Waals surface area contributed by atoms with E-state index in [1.165, 1.54) is 0 Å². The van der Waals surface area contributed by atoms with E-state index in [-0.39, 0.29) is 11.7 Å². The summed E-state index contributed by atoms with van der Waals surface area (Å²) < 4.78 is 0. The van der Waals surface area contributed by atoms with Crippen molar-refractivity contribution in [3.8, 4) is 11.8 Å². The SMILES string of the molecule is N#CC(C(=O)NCCc1ccc(O)cc1)c1ccccc1. The second-order valence-corrected chi connectivity index (χ2v) is 4.68. The van der Waals surface area contributed by atoms with Gasteiger partial charge >= 0.3 is 0 Å². The van der Waals surface area contributed by atoms with Crippen LogP contribution in [0.25, 0.3) is 0 Å². The van der Waals surface area contributed by atoms with Crippen molar-refractivity contribution in [2.45, 2.75) is 12.3 Å². The quantitative estimate of drug-likeness (QED) is 0.883. The second kappa shape index (κ2) is 7.11. The molecule has 2 aromatic rings. The molecule has 0 radical (unpaired) electrons. The van der Waals surface area contributed by atoms with Crippen molar-refractivity contribution in [2.75, 3.05) is 6.54 Å². The first-order valence-corrected chi connectivity index (χ1v) is 6.71. The van der Waals surface area contributed by atoms with Gasteiger partial charge in [-0.3, -0.25) is 4.79 Å². The fraction of sp³-hybridized carbons (Fsp3) is 0.176. The predicted octanol–water partition coefficient (Wildman–Crippen LogP) is 2.36. The lowest BCUT2D eigenvalue weighted by Gasteiger charge is -2.10. The van der Waals surface area contributed by atoms with Crippen LogP contribution in [0.5, 0.6) is 5.75 Å². The Bertz CT molecular complexity index is 630. The van der Waals surface area contributed by atoms with E-state index in [9.17, 15) is 9.90 Å². The Morgan fingerprint density at radius 3 is 2.43 bits per heavy atom. The molecule has 0 aromatic heterocycles. The van der Waals surface area contributed by atoms with Crippen LogP contribution in [0.3, 0.4) is 0 Å². The van der Waals surface area contributed by atoms with Crippen molar-refractivity contribution in [3.05, 3.63) is 65.7 Å². The summed E-state index contributed by atoms with van der Waals surface area (Å²) in [5.41, 5.74) is 1.71. The fourth-order valence-electron chi connectivity index (χ4n) is 2.02. The molecule has 4 nitrogen and oxygen atoms in total. The summed E-state index contributed by atoms with van der Waals surface area (Å²) in [7, 11) is 0. The average Bonchev–Trinajstić information content (AvgIpc) is 2.51. The van der Waals surface area contributed by atoms with Crippen molar-refractivity contribution < 1.29 is 9.90 Å². The summed E-state index contributed by atoms with van der Waals surface area (Å²) in [5, 5.41) is 21.1. The maximum absolute atomic E-state index is 12.0. The third-order valence-corrected chi connectivity index (χ3v) is 3.17. The molecule has 0 aliphatic carbocycles. The number of hydrogen-bond donors (Lipinski definition) is 2. The van der Waals surface area contributed by atoms with E-state index in [2.05, 4.69) is 5.32 Å². The highest BCUT2D eigenvalue weighted by atomic mass is 16.3. The zero-order valence-electron chi connectivity index (χ0n) is 11.5. The van der Waals surface area contributed by atoms with Gasteiger partial charge in [-0.1, -0.05) is 42.5 Å². The molecule has 2 aromatic carbocycles. The number of nitrogens with zero attached hydrogens (tertiary/aromatic N) is 1. The van der Waals surface area contributed by atoms with Gasteiger partial charge in [-0.15, -0.1) is 0 Å². The van der Waals surface area contributed by atoms with Gasteiger partial charge < -0.3 is 10.4 Å². The number of benzene rings is 2. The van der Waals surface area contributed by atoms with Crippen LogP contribution in [0.4, 0.5) is 0 Å². The topological polar surface area (TPSA) is 73.1 Å². The average molecular weight is 280 g/mol. The van der Waals surface area contributed by atoms with Crippen LogP contribution in [-0.4, -0.2) is 17.6 Å². The number of nitrogens with one attached hydrogen (secondary N) is 1. The molecule has 0 saturated carbocycles. The van der Waals surface area contributed by atoms with Crippen LogP contribution < -0.4 is 5.32 Å². The van der Waals surface area contributed by atoms with Gasteiger partial charge in [0.15, 0.2) is 0 Å². The third-order valence-electron chi connectivity index (χ3n) is 3.17. The van der Waals surface area contributed by atoms with Crippen molar-refractivity contribution in [1.82, 2.24) is 5.32 Å². The van der Waals surface area contributed by atoms with Crippen LogP contribution in [0, 0.1) is 11.3 Å². The van der Waals surface area contributed by atoms with E-state index in [0.29, 0.717) is 18.5 Å². The van der Waals surface area contributed by atoms with E-state index in [1.807, 2.05) is 24.3 Å². The molecule has 0 aliphatic rings. The lowest BCUT2D eigenvalue weighted by molar-refractivity contribution is -0.121. The van der Waals surface area contributed by atoms with Gasteiger partial charge in [-0.2, -0.15) is 5.26 Å². The molecule has 1 unspecified atom stereocenters. The minimum atomic E-state index is -0.786. The molecule has 1 amide bonds. The Morgan fingerprint density at radius 2 is 1.81 bits per heavy atom. The Morgan fingerprint density at radius 1 is 1.14 bits per heavy atom. The zero-order valence-corrected chi connectivity index (χ0v) is 11.5. The zero-order chi connectivity index (χ0) is 15.1. The molecule has 0 spiro atoms. The highest BCUT2D eigenvalue weighted by Crippen LogP contribution is 2.14. The molecule has 1 atom stereocenters. The van der Waals surface area contributed by atoms with Crippen LogP contribution >= 0.6 is 0 Å². The van der Waals surface area contributed by atoms with Crippen LogP contribution in [-0.2, 0) is 11.2 Å². The Hall–Kier alpha value is -2.80. The number of phenols is 1. The number of hydrogen-bond acceptors (Lipinski definition) is 3. The third kappa shape index (κ3) is 4.08. The normalized spacial score (nSPS) is 11.4. The van der Waals surface area contributed by atoms with Crippen LogP contribution in [0.2, 0.25) is 0 Å². The first-order chi connectivity index (χ1) is 10.2. The summed E-state index contributed by atoms with van der Waals surface area (Å²) in [6.07, 6.45) is 0.652. The number of rotatable bonds is 5. The first kappa shape index (κ1) is 14.6. The highest BCUT2D eigenvalue weighted by Gasteiger charge is 2.19. The molecule has 2 rings (SSSR count). The molecule has 2 N–H and O–H groups in total. The van der Waals surface area contributed by atoms with Crippen LogP contribution in [0.15, 0.2) is 54.6 Å². The number of aromatic hydroxyl groups is 1. The summed E-state index contributed by atoms with van der Waals surface area (Å²) in [6.45, 7) is 0.453. The van der Waals surface area contributed by atoms with Crippen LogP contribution in [0.1, 0.15) is 17.0 Å². The maximum atomic E-state index is 12.0. The molecule has 0 heterocycles.